The standard InChI is InChI=1S/C12H17N3O/c1-12(2,9-16)14-8-10-4-3-5-11-13-6-7-15(10)11/h3-7,14,16H,8-9H2,1-2H3. The second-order valence-electron chi connectivity index (χ2n) is 4.57. The SMILES string of the molecule is CC(C)(CO)NCc1cccc2nccn12. The van der Waals surface area contributed by atoms with Gasteiger partial charge < -0.3 is 14.8 Å². The molecule has 0 aromatic carbocycles. The molecule has 2 heterocycles. The van der Waals surface area contributed by atoms with Gasteiger partial charge in [0.05, 0.1) is 6.61 Å². The number of aliphatic hydroxyl groups excluding tert-OH is 1. The molecule has 0 fully saturated rings. The molecule has 0 unspecified atom stereocenters. The third kappa shape index (κ3) is 2.23. The highest BCUT2D eigenvalue weighted by molar-refractivity contribution is 5.39. The van der Waals surface area contributed by atoms with E-state index in [1.165, 1.54) is 0 Å². The number of hydrogen-bond acceptors (Lipinski definition) is 3. The van der Waals surface area contributed by atoms with Gasteiger partial charge >= 0.3 is 0 Å². The van der Waals surface area contributed by atoms with E-state index < -0.39 is 0 Å². The van der Waals surface area contributed by atoms with E-state index in [0.717, 1.165) is 11.3 Å². The molecule has 2 N–H and O–H groups in total. The minimum Gasteiger partial charge on any atom is -0.394 e. The van der Waals surface area contributed by atoms with Crippen LogP contribution in [-0.4, -0.2) is 26.6 Å². The molecule has 16 heavy (non-hydrogen) atoms. The van der Waals surface area contributed by atoms with Crippen LogP contribution in [0.2, 0.25) is 0 Å². The Morgan fingerprint density at radius 1 is 1.44 bits per heavy atom. The van der Waals surface area contributed by atoms with E-state index in [1.54, 1.807) is 6.20 Å². The second kappa shape index (κ2) is 4.23. The van der Waals surface area contributed by atoms with Gasteiger partial charge in [0, 0.05) is 30.2 Å². The Balaban J connectivity index is 2.18. The van der Waals surface area contributed by atoms with Crippen molar-refractivity contribution in [1.82, 2.24) is 14.7 Å². The lowest BCUT2D eigenvalue weighted by atomic mass is 10.1. The lowest BCUT2D eigenvalue weighted by molar-refractivity contribution is 0.187. The third-order valence-corrected chi connectivity index (χ3v) is 2.66. The van der Waals surface area contributed by atoms with E-state index in [4.69, 9.17) is 5.11 Å². The summed E-state index contributed by atoms with van der Waals surface area (Å²) in [4.78, 5) is 4.23. The number of imidazole rings is 1. The zero-order valence-corrected chi connectivity index (χ0v) is 9.64. The summed E-state index contributed by atoms with van der Waals surface area (Å²) in [6.45, 7) is 4.77. The Bertz CT molecular complexity index is 476. The molecule has 0 aliphatic carbocycles. The van der Waals surface area contributed by atoms with Crippen LogP contribution in [0.5, 0.6) is 0 Å². The fourth-order valence-corrected chi connectivity index (χ4v) is 1.54. The average molecular weight is 219 g/mol. The maximum atomic E-state index is 9.16. The molecule has 2 aromatic rings. The van der Waals surface area contributed by atoms with Crippen LogP contribution >= 0.6 is 0 Å². The lowest BCUT2D eigenvalue weighted by Crippen LogP contribution is -2.42. The predicted octanol–water partition coefficient (Wildman–Crippen LogP) is 1.19. The summed E-state index contributed by atoms with van der Waals surface area (Å²) < 4.78 is 2.04. The van der Waals surface area contributed by atoms with Gasteiger partial charge in [-0.05, 0) is 26.0 Å². The number of fused-ring (bicyclic) bond motifs is 1. The number of rotatable bonds is 4. The topological polar surface area (TPSA) is 49.6 Å². The van der Waals surface area contributed by atoms with Gasteiger partial charge in [-0.25, -0.2) is 4.98 Å². The fourth-order valence-electron chi connectivity index (χ4n) is 1.54. The van der Waals surface area contributed by atoms with Crippen molar-refractivity contribution in [2.24, 2.45) is 0 Å². The van der Waals surface area contributed by atoms with Crippen molar-refractivity contribution in [3.8, 4) is 0 Å². The molecule has 0 aliphatic heterocycles. The minimum absolute atomic E-state index is 0.118. The average Bonchev–Trinajstić information content (AvgIpc) is 2.75. The van der Waals surface area contributed by atoms with Gasteiger partial charge in [-0.15, -0.1) is 0 Å². The van der Waals surface area contributed by atoms with Crippen molar-refractivity contribution in [2.75, 3.05) is 6.61 Å². The summed E-state index contributed by atoms with van der Waals surface area (Å²) in [5.41, 5.74) is 1.82. The molecular formula is C12H17N3O. The van der Waals surface area contributed by atoms with Crippen LogP contribution in [0.1, 0.15) is 19.5 Å². The number of nitrogens with one attached hydrogen (secondary N) is 1. The molecule has 0 amide bonds. The zero-order chi connectivity index (χ0) is 11.6. The predicted molar refractivity (Wildman–Crippen MR) is 63.2 cm³/mol. The normalized spacial score (nSPS) is 12.2. The van der Waals surface area contributed by atoms with Gasteiger partial charge in [0.1, 0.15) is 5.65 Å². The summed E-state index contributed by atoms with van der Waals surface area (Å²) in [7, 11) is 0. The molecule has 0 aliphatic rings. The smallest absolute Gasteiger partial charge is 0.136 e. The molecule has 4 nitrogen and oxygen atoms in total. The van der Waals surface area contributed by atoms with Gasteiger partial charge in [-0.2, -0.15) is 0 Å². The molecule has 86 valence electrons. The van der Waals surface area contributed by atoms with Crippen LogP contribution < -0.4 is 5.32 Å². The van der Waals surface area contributed by atoms with Crippen LogP contribution in [0.25, 0.3) is 5.65 Å². The van der Waals surface area contributed by atoms with Crippen molar-refractivity contribution < 1.29 is 5.11 Å². The Hall–Kier alpha value is -1.39. The third-order valence-electron chi connectivity index (χ3n) is 2.66. The quantitative estimate of drug-likeness (QED) is 0.812. The number of aromatic nitrogens is 2. The van der Waals surface area contributed by atoms with Crippen molar-refractivity contribution in [2.45, 2.75) is 25.9 Å². The number of nitrogens with zero attached hydrogens (tertiary/aromatic N) is 2. The monoisotopic (exact) mass is 219 g/mol. The summed E-state index contributed by atoms with van der Waals surface area (Å²) >= 11 is 0. The van der Waals surface area contributed by atoms with E-state index in [-0.39, 0.29) is 12.1 Å². The number of aliphatic hydroxyl groups is 1. The van der Waals surface area contributed by atoms with Crippen molar-refractivity contribution in [3.63, 3.8) is 0 Å². The first-order valence-corrected chi connectivity index (χ1v) is 5.39. The molecular weight excluding hydrogens is 202 g/mol. The number of pyridine rings is 1. The van der Waals surface area contributed by atoms with Crippen LogP contribution in [0.15, 0.2) is 30.6 Å². The Morgan fingerprint density at radius 2 is 2.25 bits per heavy atom. The molecule has 0 radical (unpaired) electrons. The Morgan fingerprint density at radius 3 is 3.00 bits per heavy atom. The Labute approximate surface area is 94.9 Å². The van der Waals surface area contributed by atoms with Crippen molar-refractivity contribution >= 4 is 5.65 Å². The first-order valence-electron chi connectivity index (χ1n) is 5.39. The van der Waals surface area contributed by atoms with Gasteiger partial charge in [-0.3, -0.25) is 0 Å². The molecule has 0 spiro atoms. The van der Waals surface area contributed by atoms with E-state index in [9.17, 15) is 0 Å². The van der Waals surface area contributed by atoms with Crippen molar-refractivity contribution in [3.05, 3.63) is 36.3 Å². The van der Waals surface area contributed by atoms with Crippen LogP contribution in [-0.2, 0) is 6.54 Å². The first kappa shape index (κ1) is 11.1. The largest absolute Gasteiger partial charge is 0.394 e. The van der Waals surface area contributed by atoms with E-state index in [2.05, 4.69) is 16.4 Å². The van der Waals surface area contributed by atoms with E-state index >= 15 is 0 Å². The summed E-state index contributed by atoms with van der Waals surface area (Å²) in [5.74, 6) is 0. The van der Waals surface area contributed by atoms with E-state index in [0.29, 0.717) is 6.54 Å². The second-order valence-corrected chi connectivity index (χ2v) is 4.57. The molecule has 0 atom stereocenters. The van der Waals surface area contributed by atoms with Crippen LogP contribution in [0.3, 0.4) is 0 Å². The molecule has 0 saturated heterocycles. The summed E-state index contributed by atoms with van der Waals surface area (Å²) in [6.07, 6.45) is 3.73. The van der Waals surface area contributed by atoms with Crippen LogP contribution in [0, 0.1) is 0 Å². The highest BCUT2D eigenvalue weighted by Crippen LogP contribution is 2.08. The van der Waals surface area contributed by atoms with E-state index in [1.807, 2.05) is 36.6 Å². The molecule has 4 heteroatoms. The van der Waals surface area contributed by atoms with Gasteiger partial charge in [-0.1, -0.05) is 6.07 Å². The lowest BCUT2D eigenvalue weighted by Gasteiger charge is -2.23. The highest BCUT2D eigenvalue weighted by atomic mass is 16.3. The minimum atomic E-state index is -0.261. The van der Waals surface area contributed by atoms with Gasteiger partial charge in [0.15, 0.2) is 0 Å². The maximum Gasteiger partial charge on any atom is 0.136 e. The first-order chi connectivity index (χ1) is 7.62. The summed E-state index contributed by atoms with van der Waals surface area (Å²) in [5, 5.41) is 12.5. The zero-order valence-electron chi connectivity index (χ0n) is 9.64. The van der Waals surface area contributed by atoms with Gasteiger partial charge in [0.25, 0.3) is 0 Å². The molecule has 0 bridgehead atoms. The maximum absolute atomic E-state index is 9.16. The highest BCUT2D eigenvalue weighted by Gasteiger charge is 2.15. The summed E-state index contributed by atoms with van der Waals surface area (Å²) in [6, 6.07) is 6.01. The number of hydrogen-bond donors (Lipinski definition) is 2. The van der Waals surface area contributed by atoms with Gasteiger partial charge in [0.2, 0.25) is 0 Å². The van der Waals surface area contributed by atoms with Crippen molar-refractivity contribution in [1.29, 1.82) is 0 Å². The van der Waals surface area contributed by atoms with Crippen LogP contribution in [0.4, 0.5) is 0 Å². The molecule has 2 aromatic heterocycles. The molecule has 2 rings (SSSR count). The fraction of sp³-hybridized carbons (Fsp3) is 0.417. The molecule has 0 saturated carbocycles. The Kier molecular flexibility index (Phi) is 2.94.